The summed E-state index contributed by atoms with van der Waals surface area (Å²) in [7, 11) is 2.27. The average molecular weight is 341 g/mol. The van der Waals surface area contributed by atoms with E-state index in [-0.39, 0.29) is 0 Å². The molecule has 0 N–H and O–H groups in total. The molecule has 1 aliphatic rings. The number of aryl methyl sites for hydroxylation is 2. The number of nitrogens with zero attached hydrogens (tertiary/aromatic N) is 4. The third kappa shape index (κ3) is 4.93. The molecule has 136 valence electrons. The van der Waals surface area contributed by atoms with Gasteiger partial charge in [-0.15, -0.1) is 0 Å². The van der Waals surface area contributed by atoms with Gasteiger partial charge in [-0.05, 0) is 52.3 Å². The molecular formula is C21H32N4. The van der Waals surface area contributed by atoms with Gasteiger partial charge in [0.2, 0.25) is 0 Å². The Morgan fingerprint density at radius 3 is 2.76 bits per heavy atom. The summed E-state index contributed by atoms with van der Waals surface area (Å²) in [6.45, 7) is 9.81. The molecule has 1 aliphatic heterocycles. The van der Waals surface area contributed by atoms with E-state index in [9.17, 15) is 0 Å². The summed E-state index contributed by atoms with van der Waals surface area (Å²) >= 11 is 0. The van der Waals surface area contributed by atoms with Gasteiger partial charge in [-0.25, -0.2) is 0 Å². The van der Waals surface area contributed by atoms with E-state index in [1.165, 1.54) is 49.3 Å². The highest BCUT2D eigenvalue weighted by Crippen LogP contribution is 2.18. The maximum Gasteiger partial charge on any atom is 0.0638 e. The fraction of sp³-hybridized carbons (Fsp3) is 0.571. The highest BCUT2D eigenvalue weighted by Gasteiger charge is 2.23. The zero-order valence-corrected chi connectivity index (χ0v) is 16.0. The Balaban J connectivity index is 1.52. The highest BCUT2D eigenvalue weighted by atomic mass is 15.3. The van der Waals surface area contributed by atoms with Crippen LogP contribution in [0.5, 0.6) is 0 Å². The topological polar surface area (TPSA) is 24.3 Å². The first-order valence-electron chi connectivity index (χ1n) is 9.65. The second-order valence-corrected chi connectivity index (χ2v) is 7.34. The van der Waals surface area contributed by atoms with Crippen molar-refractivity contribution in [1.82, 2.24) is 19.6 Å². The quantitative estimate of drug-likeness (QED) is 0.772. The van der Waals surface area contributed by atoms with Gasteiger partial charge in [0.25, 0.3) is 0 Å². The zero-order chi connectivity index (χ0) is 17.6. The van der Waals surface area contributed by atoms with E-state index in [1.807, 2.05) is 4.68 Å². The van der Waals surface area contributed by atoms with Gasteiger partial charge in [0.1, 0.15) is 0 Å². The molecule has 3 rings (SSSR count). The van der Waals surface area contributed by atoms with Crippen molar-refractivity contribution in [3.8, 4) is 0 Å². The second kappa shape index (κ2) is 8.63. The van der Waals surface area contributed by atoms with Crippen LogP contribution in [0.1, 0.15) is 36.6 Å². The summed E-state index contributed by atoms with van der Waals surface area (Å²) in [5.74, 6) is 0. The summed E-state index contributed by atoms with van der Waals surface area (Å²) in [5, 5.41) is 4.58. The number of benzene rings is 1. The molecule has 1 fully saturated rings. The molecule has 4 heteroatoms. The minimum absolute atomic E-state index is 0.647. The van der Waals surface area contributed by atoms with E-state index in [0.29, 0.717) is 6.04 Å². The first kappa shape index (κ1) is 18.2. The molecule has 1 unspecified atom stereocenters. The van der Waals surface area contributed by atoms with Crippen molar-refractivity contribution in [1.29, 1.82) is 0 Å². The van der Waals surface area contributed by atoms with E-state index in [4.69, 9.17) is 0 Å². The van der Waals surface area contributed by atoms with Crippen molar-refractivity contribution in [3.63, 3.8) is 0 Å². The van der Waals surface area contributed by atoms with Crippen LogP contribution in [0, 0.1) is 6.92 Å². The van der Waals surface area contributed by atoms with Crippen LogP contribution in [-0.2, 0) is 19.5 Å². The lowest BCUT2D eigenvalue weighted by Crippen LogP contribution is -2.46. The fourth-order valence-electron chi connectivity index (χ4n) is 3.80. The van der Waals surface area contributed by atoms with Crippen LogP contribution in [0.25, 0.3) is 0 Å². The van der Waals surface area contributed by atoms with Crippen molar-refractivity contribution < 1.29 is 0 Å². The van der Waals surface area contributed by atoms with Crippen LogP contribution in [-0.4, -0.2) is 52.3 Å². The molecule has 25 heavy (non-hydrogen) atoms. The van der Waals surface area contributed by atoms with E-state index >= 15 is 0 Å². The molecule has 0 amide bonds. The number of hydrogen-bond acceptors (Lipinski definition) is 3. The van der Waals surface area contributed by atoms with Gasteiger partial charge < -0.3 is 4.90 Å². The lowest BCUT2D eigenvalue weighted by atomic mass is 10.0. The van der Waals surface area contributed by atoms with Crippen molar-refractivity contribution in [2.24, 2.45) is 0 Å². The summed E-state index contributed by atoms with van der Waals surface area (Å²) in [5.41, 5.74) is 3.98. The number of rotatable bonds is 7. The van der Waals surface area contributed by atoms with E-state index < -0.39 is 0 Å². The largest absolute Gasteiger partial charge is 0.301 e. The normalized spacial score (nSPS) is 18.8. The Morgan fingerprint density at radius 2 is 2.04 bits per heavy atom. The third-order valence-corrected chi connectivity index (χ3v) is 5.46. The third-order valence-electron chi connectivity index (χ3n) is 5.46. The molecule has 0 aliphatic carbocycles. The first-order chi connectivity index (χ1) is 12.2. The Hall–Kier alpha value is -1.65. The molecule has 0 spiro atoms. The molecule has 4 nitrogen and oxygen atoms in total. The van der Waals surface area contributed by atoms with Gasteiger partial charge in [0, 0.05) is 44.0 Å². The number of likely N-dealkylation sites (tertiary alicyclic amines) is 1. The lowest BCUT2D eigenvalue weighted by Gasteiger charge is -2.37. The van der Waals surface area contributed by atoms with Crippen LogP contribution < -0.4 is 0 Å². The maximum atomic E-state index is 4.58. The van der Waals surface area contributed by atoms with Crippen molar-refractivity contribution in [2.75, 3.05) is 26.7 Å². The summed E-state index contributed by atoms with van der Waals surface area (Å²) in [6, 6.07) is 11.5. The monoisotopic (exact) mass is 340 g/mol. The summed E-state index contributed by atoms with van der Waals surface area (Å²) in [6.07, 6.45) is 5.97. The predicted octanol–water partition coefficient (Wildman–Crippen LogP) is 3.35. The Labute approximate surface area is 152 Å². The van der Waals surface area contributed by atoms with E-state index in [1.54, 1.807) is 0 Å². The summed E-state index contributed by atoms with van der Waals surface area (Å²) < 4.78 is 2.05. The number of likely N-dealkylation sites (N-methyl/N-ethyl adjacent to an activating group) is 1. The van der Waals surface area contributed by atoms with Gasteiger partial charge in [0.15, 0.2) is 0 Å². The van der Waals surface area contributed by atoms with Crippen LogP contribution >= 0.6 is 0 Å². The predicted molar refractivity (Wildman–Crippen MR) is 104 cm³/mol. The Bertz CT molecular complexity index is 649. The van der Waals surface area contributed by atoms with Crippen molar-refractivity contribution >= 4 is 0 Å². The SMILES string of the molecule is CCn1cc(CN(C)C2CCCN(CCc3ccccc3)C2)c(C)n1. The standard InChI is InChI=1S/C21H32N4/c1-4-25-16-20(18(2)22-25)15-23(3)21-11-8-13-24(17-21)14-12-19-9-6-5-7-10-19/h5-7,9-10,16,21H,4,8,11-15,17H2,1-3H3. The molecular weight excluding hydrogens is 308 g/mol. The molecule has 2 heterocycles. The number of aromatic nitrogens is 2. The fourth-order valence-corrected chi connectivity index (χ4v) is 3.80. The Kier molecular flexibility index (Phi) is 6.27. The summed E-state index contributed by atoms with van der Waals surface area (Å²) in [4.78, 5) is 5.17. The van der Waals surface area contributed by atoms with Crippen LogP contribution in [0.3, 0.4) is 0 Å². The van der Waals surface area contributed by atoms with Gasteiger partial charge in [-0.2, -0.15) is 5.10 Å². The van der Waals surface area contributed by atoms with Crippen LogP contribution in [0.4, 0.5) is 0 Å². The number of hydrogen-bond donors (Lipinski definition) is 0. The first-order valence-corrected chi connectivity index (χ1v) is 9.65. The molecule has 2 aromatic rings. The van der Waals surface area contributed by atoms with Crippen molar-refractivity contribution in [3.05, 3.63) is 53.3 Å². The molecule has 1 aromatic heterocycles. The zero-order valence-electron chi connectivity index (χ0n) is 16.0. The van der Waals surface area contributed by atoms with Gasteiger partial charge >= 0.3 is 0 Å². The molecule has 0 bridgehead atoms. The minimum Gasteiger partial charge on any atom is -0.301 e. The molecule has 0 radical (unpaired) electrons. The van der Waals surface area contributed by atoms with E-state index in [0.717, 1.165) is 19.5 Å². The van der Waals surface area contributed by atoms with Gasteiger partial charge in [-0.3, -0.25) is 9.58 Å². The van der Waals surface area contributed by atoms with E-state index in [2.05, 4.69) is 72.3 Å². The maximum absolute atomic E-state index is 4.58. The Morgan fingerprint density at radius 1 is 1.24 bits per heavy atom. The minimum atomic E-state index is 0.647. The molecule has 1 aromatic carbocycles. The smallest absolute Gasteiger partial charge is 0.0638 e. The van der Waals surface area contributed by atoms with Crippen LogP contribution in [0.15, 0.2) is 36.5 Å². The lowest BCUT2D eigenvalue weighted by molar-refractivity contribution is 0.112. The van der Waals surface area contributed by atoms with Gasteiger partial charge in [-0.1, -0.05) is 30.3 Å². The van der Waals surface area contributed by atoms with Crippen LogP contribution in [0.2, 0.25) is 0 Å². The van der Waals surface area contributed by atoms with Crippen molar-refractivity contribution in [2.45, 2.75) is 52.2 Å². The molecule has 1 atom stereocenters. The highest BCUT2D eigenvalue weighted by molar-refractivity contribution is 5.16. The van der Waals surface area contributed by atoms with Gasteiger partial charge in [0.05, 0.1) is 5.69 Å². The average Bonchev–Trinajstić information content (AvgIpc) is 3.01. The second-order valence-electron chi connectivity index (χ2n) is 7.34. The molecule has 1 saturated heterocycles. The number of piperidine rings is 1. The molecule has 0 saturated carbocycles.